The first-order valence-electron chi connectivity index (χ1n) is 10.7. The van der Waals surface area contributed by atoms with Gasteiger partial charge >= 0.3 is 5.97 Å². The number of nitrogens with zero attached hydrogens (tertiary/aromatic N) is 3. The minimum Gasteiger partial charge on any atom is -0.478 e. The van der Waals surface area contributed by atoms with Crippen molar-refractivity contribution in [1.29, 1.82) is 0 Å². The molecule has 2 fully saturated rings. The standard InChI is InChI=1S/C22H31N3O3/c26-21-20-17(6-4-7-19(20)22(27)28)16-25(21)13-5-10-23-14-8-18(9-15-23)24-11-2-1-3-12-24/h4,6-7,18H,1-3,5,8-16H2,(H,27,28). The average Bonchev–Trinajstić information content (AvgIpc) is 3.05. The van der Waals surface area contributed by atoms with E-state index in [1.54, 1.807) is 11.0 Å². The average molecular weight is 386 g/mol. The second-order valence-electron chi connectivity index (χ2n) is 8.39. The molecule has 6 heteroatoms. The molecule has 3 aliphatic rings. The molecule has 0 bridgehead atoms. The maximum atomic E-state index is 12.7. The van der Waals surface area contributed by atoms with Gasteiger partial charge in [-0.2, -0.15) is 0 Å². The van der Waals surface area contributed by atoms with Gasteiger partial charge in [-0.15, -0.1) is 0 Å². The Hall–Kier alpha value is -1.92. The van der Waals surface area contributed by atoms with Crippen molar-refractivity contribution < 1.29 is 14.7 Å². The van der Waals surface area contributed by atoms with E-state index < -0.39 is 5.97 Å². The first kappa shape index (κ1) is 19.4. The highest BCUT2D eigenvalue weighted by atomic mass is 16.4. The Morgan fingerprint density at radius 3 is 2.50 bits per heavy atom. The van der Waals surface area contributed by atoms with Gasteiger partial charge in [-0.25, -0.2) is 4.79 Å². The van der Waals surface area contributed by atoms with Crippen LogP contribution in [0, 0.1) is 0 Å². The largest absolute Gasteiger partial charge is 0.478 e. The lowest BCUT2D eigenvalue weighted by Crippen LogP contribution is -2.47. The van der Waals surface area contributed by atoms with Crippen LogP contribution in [-0.2, 0) is 6.54 Å². The molecule has 0 saturated carbocycles. The van der Waals surface area contributed by atoms with Crippen LogP contribution in [0.4, 0.5) is 0 Å². The van der Waals surface area contributed by atoms with Crippen LogP contribution < -0.4 is 0 Å². The SMILES string of the molecule is O=C(O)c1cccc2c1C(=O)N(CCCN1CCC(N3CCCCC3)CC1)C2. The lowest BCUT2D eigenvalue weighted by Gasteiger charge is -2.40. The Bertz CT molecular complexity index is 722. The zero-order valence-corrected chi connectivity index (χ0v) is 16.6. The summed E-state index contributed by atoms with van der Waals surface area (Å²) in [5.41, 5.74) is 1.36. The second-order valence-corrected chi connectivity index (χ2v) is 8.39. The Morgan fingerprint density at radius 2 is 1.79 bits per heavy atom. The molecule has 0 spiro atoms. The lowest BCUT2D eigenvalue weighted by molar-refractivity contribution is 0.0679. The monoisotopic (exact) mass is 385 g/mol. The predicted molar refractivity (Wildman–Crippen MR) is 108 cm³/mol. The fourth-order valence-corrected chi connectivity index (χ4v) is 5.06. The molecule has 0 aliphatic carbocycles. The van der Waals surface area contributed by atoms with Crippen LogP contribution in [0.1, 0.15) is 64.8 Å². The molecule has 0 aromatic heterocycles. The Kier molecular flexibility index (Phi) is 5.97. The van der Waals surface area contributed by atoms with Gasteiger partial charge in [0.25, 0.3) is 5.91 Å². The van der Waals surface area contributed by atoms with Gasteiger partial charge in [0, 0.05) is 19.1 Å². The van der Waals surface area contributed by atoms with E-state index in [9.17, 15) is 14.7 Å². The minimum atomic E-state index is -1.02. The highest BCUT2D eigenvalue weighted by Crippen LogP contribution is 2.26. The van der Waals surface area contributed by atoms with Crippen molar-refractivity contribution in [2.75, 3.05) is 39.3 Å². The molecule has 6 nitrogen and oxygen atoms in total. The number of amides is 1. The summed E-state index contributed by atoms with van der Waals surface area (Å²) in [5.74, 6) is -1.15. The third-order valence-corrected chi connectivity index (χ3v) is 6.61. The molecule has 0 radical (unpaired) electrons. The summed E-state index contributed by atoms with van der Waals surface area (Å²) >= 11 is 0. The van der Waals surface area contributed by atoms with Crippen molar-refractivity contribution in [1.82, 2.24) is 14.7 Å². The number of likely N-dealkylation sites (tertiary alicyclic amines) is 2. The van der Waals surface area contributed by atoms with E-state index >= 15 is 0 Å². The van der Waals surface area contributed by atoms with Crippen molar-refractivity contribution in [2.24, 2.45) is 0 Å². The zero-order valence-electron chi connectivity index (χ0n) is 16.6. The number of piperidine rings is 2. The fourth-order valence-electron chi connectivity index (χ4n) is 5.06. The molecule has 3 heterocycles. The Balaban J connectivity index is 1.23. The van der Waals surface area contributed by atoms with Crippen LogP contribution in [-0.4, -0.2) is 77.0 Å². The third kappa shape index (κ3) is 4.08. The maximum absolute atomic E-state index is 12.7. The molecule has 1 amide bonds. The smallest absolute Gasteiger partial charge is 0.336 e. The van der Waals surface area contributed by atoms with E-state index in [4.69, 9.17) is 0 Å². The van der Waals surface area contributed by atoms with Gasteiger partial charge in [0.1, 0.15) is 0 Å². The van der Waals surface area contributed by atoms with E-state index in [1.165, 1.54) is 51.3 Å². The van der Waals surface area contributed by atoms with Gasteiger partial charge in [0.15, 0.2) is 0 Å². The number of hydrogen-bond acceptors (Lipinski definition) is 4. The molecule has 4 rings (SSSR count). The van der Waals surface area contributed by atoms with Crippen LogP contribution >= 0.6 is 0 Å². The van der Waals surface area contributed by atoms with E-state index in [0.29, 0.717) is 18.7 Å². The Morgan fingerprint density at radius 1 is 1.04 bits per heavy atom. The number of carbonyl (C=O) groups excluding carboxylic acids is 1. The predicted octanol–water partition coefficient (Wildman–Crippen LogP) is 2.68. The van der Waals surface area contributed by atoms with Crippen LogP contribution in [0.3, 0.4) is 0 Å². The first-order valence-corrected chi connectivity index (χ1v) is 10.7. The van der Waals surface area contributed by atoms with Gasteiger partial charge in [-0.3, -0.25) is 4.79 Å². The highest BCUT2D eigenvalue weighted by Gasteiger charge is 2.31. The molecule has 2 saturated heterocycles. The molecule has 1 N–H and O–H groups in total. The summed E-state index contributed by atoms with van der Waals surface area (Å²) in [4.78, 5) is 31.1. The van der Waals surface area contributed by atoms with Crippen LogP contribution in [0.15, 0.2) is 18.2 Å². The summed E-state index contributed by atoms with van der Waals surface area (Å²) in [5, 5.41) is 9.33. The topological polar surface area (TPSA) is 64.1 Å². The Labute approximate surface area is 167 Å². The van der Waals surface area contributed by atoms with Crippen molar-refractivity contribution >= 4 is 11.9 Å². The summed E-state index contributed by atoms with van der Waals surface area (Å²) in [6, 6.07) is 5.88. The van der Waals surface area contributed by atoms with Gasteiger partial charge in [0.05, 0.1) is 11.1 Å². The number of carboxylic acid groups (broad SMARTS) is 1. The molecule has 1 aromatic carbocycles. The number of benzene rings is 1. The fraction of sp³-hybridized carbons (Fsp3) is 0.636. The molecule has 3 aliphatic heterocycles. The maximum Gasteiger partial charge on any atom is 0.336 e. The van der Waals surface area contributed by atoms with Crippen LogP contribution in [0.2, 0.25) is 0 Å². The van der Waals surface area contributed by atoms with Crippen molar-refractivity contribution in [3.8, 4) is 0 Å². The summed E-state index contributed by atoms with van der Waals surface area (Å²) in [7, 11) is 0. The van der Waals surface area contributed by atoms with Gasteiger partial charge in [-0.05, 0) is 76.5 Å². The van der Waals surface area contributed by atoms with E-state index in [0.717, 1.165) is 37.7 Å². The normalized spacial score (nSPS) is 21.9. The number of aromatic carboxylic acids is 1. The molecule has 1 aromatic rings. The van der Waals surface area contributed by atoms with Gasteiger partial charge < -0.3 is 19.8 Å². The van der Waals surface area contributed by atoms with Gasteiger partial charge in [0.2, 0.25) is 0 Å². The first-order chi connectivity index (χ1) is 13.6. The molecule has 152 valence electrons. The number of fused-ring (bicyclic) bond motifs is 1. The second kappa shape index (κ2) is 8.62. The quantitative estimate of drug-likeness (QED) is 0.816. The van der Waals surface area contributed by atoms with E-state index in [-0.39, 0.29) is 11.5 Å². The van der Waals surface area contributed by atoms with Crippen molar-refractivity contribution in [3.63, 3.8) is 0 Å². The van der Waals surface area contributed by atoms with Crippen LogP contribution in [0.25, 0.3) is 0 Å². The molecule has 28 heavy (non-hydrogen) atoms. The van der Waals surface area contributed by atoms with E-state index in [1.807, 2.05) is 6.07 Å². The van der Waals surface area contributed by atoms with Crippen LogP contribution in [0.5, 0.6) is 0 Å². The zero-order chi connectivity index (χ0) is 19.5. The number of carboxylic acids is 1. The number of rotatable bonds is 6. The highest BCUT2D eigenvalue weighted by molar-refractivity contribution is 6.07. The van der Waals surface area contributed by atoms with Crippen molar-refractivity contribution in [2.45, 2.75) is 51.1 Å². The van der Waals surface area contributed by atoms with E-state index in [2.05, 4.69) is 9.80 Å². The number of hydrogen-bond donors (Lipinski definition) is 1. The molecule has 0 atom stereocenters. The van der Waals surface area contributed by atoms with Gasteiger partial charge in [-0.1, -0.05) is 18.6 Å². The third-order valence-electron chi connectivity index (χ3n) is 6.61. The molecular weight excluding hydrogens is 354 g/mol. The molecular formula is C22H31N3O3. The number of carbonyl (C=O) groups is 2. The van der Waals surface area contributed by atoms with Crippen molar-refractivity contribution in [3.05, 3.63) is 34.9 Å². The molecule has 0 unspecified atom stereocenters. The summed E-state index contributed by atoms with van der Waals surface area (Å²) in [6.07, 6.45) is 7.57. The minimum absolute atomic E-state index is 0.128. The lowest BCUT2D eigenvalue weighted by atomic mass is 10.00. The summed E-state index contributed by atoms with van der Waals surface area (Å²) < 4.78 is 0. The summed E-state index contributed by atoms with van der Waals surface area (Å²) in [6.45, 7) is 7.10.